The van der Waals surface area contributed by atoms with Crippen LogP contribution in [0.25, 0.3) is 11.1 Å². The van der Waals surface area contributed by atoms with Gasteiger partial charge in [-0.3, -0.25) is 0 Å². The summed E-state index contributed by atoms with van der Waals surface area (Å²) >= 11 is 1.73. The van der Waals surface area contributed by atoms with Gasteiger partial charge in [0, 0.05) is 0 Å². The molecule has 0 bridgehead atoms. The van der Waals surface area contributed by atoms with Gasteiger partial charge in [-0.15, -0.1) is 12.4 Å². The number of rotatable bonds is 4. The molecule has 0 spiro atoms. The van der Waals surface area contributed by atoms with Crippen molar-refractivity contribution in [1.82, 2.24) is 0 Å². The average molecular weight is 542 g/mol. The quantitative estimate of drug-likeness (QED) is 0.188. The van der Waals surface area contributed by atoms with Gasteiger partial charge in [-0.2, -0.15) is 0 Å². The molecule has 36 heavy (non-hydrogen) atoms. The molecule has 3 nitrogen and oxygen atoms in total. The van der Waals surface area contributed by atoms with Crippen molar-refractivity contribution in [3.63, 3.8) is 0 Å². The topological polar surface area (TPSA) is 35.5 Å². The van der Waals surface area contributed by atoms with Gasteiger partial charge in [0.15, 0.2) is 0 Å². The Hall–Kier alpha value is -2.07. The molecular formula is C31H38ClO3Ti. The van der Waals surface area contributed by atoms with Crippen molar-refractivity contribution in [3.05, 3.63) is 81.4 Å². The number of aryl methyl sites for hydroxylation is 2. The van der Waals surface area contributed by atoms with E-state index in [1.165, 1.54) is 5.56 Å². The van der Waals surface area contributed by atoms with Crippen molar-refractivity contribution in [2.24, 2.45) is 0 Å². The first-order valence-corrected chi connectivity index (χ1v) is 12.7. The molecule has 0 unspecified atom stereocenters. The van der Waals surface area contributed by atoms with E-state index in [9.17, 15) is 4.79 Å². The maximum absolute atomic E-state index is 13.4. The molecule has 3 aromatic carbocycles. The largest absolute Gasteiger partial charge is 0.147 e. The van der Waals surface area contributed by atoms with Crippen LogP contribution in [0.5, 0.6) is 11.5 Å². The molecule has 0 aliphatic heterocycles. The summed E-state index contributed by atoms with van der Waals surface area (Å²) in [4.78, 5) is 13.4. The van der Waals surface area contributed by atoms with E-state index < -0.39 is 0 Å². The summed E-state index contributed by atoms with van der Waals surface area (Å²) in [5.74, 6) is 1.09. The standard InChI is InChI=1S/C31H38O3.ClH.Ti/c1-18-16-23(30(5,6)7)27(32)25(20(18)3)26-21(4)19(2)17-24(31(8,9)10)28(26)34-29(33)22-14-12-11-13-15-22;;/h11-17,32H,1-10H3;1H;/q;;+1/p-1. The van der Waals surface area contributed by atoms with Crippen LogP contribution in [0, 0.1) is 27.7 Å². The molecule has 0 saturated heterocycles. The van der Waals surface area contributed by atoms with Gasteiger partial charge < -0.3 is 0 Å². The molecule has 0 aliphatic rings. The number of halogens is 1. The predicted molar refractivity (Wildman–Crippen MR) is 148 cm³/mol. The van der Waals surface area contributed by atoms with Crippen LogP contribution in [0.1, 0.15) is 85.3 Å². The predicted octanol–water partition coefficient (Wildman–Crippen LogP) is 8.66. The van der Waals surface area contributed by atoms with Crippen LogP contribution in [0.3, 0.4) is 0 Å². The smallest absolute Gasteiger partial charge is 0.147 e. The molecule has 0 saturated carbocycles. The van der Waals surface area contributed by atoms with Crippen LogP contribution in [0.4, 0.5) is 0 Å². The number of carbonyl (C=O) groups is 1. The van der Waals surface area contributed by atoms with Crippen LogP contribution >= 0.6 is 12.4 Å². The maximum Gasteiger partial charge on any atom is -0.147 e. The molecule has 0 fully saturated rings. The minimum Gasteiger partial charge on any atom is -0.147 e. The van der Waals surface area contributed by atoms with E-state index in [4.69, 9.17) is 8.06 Å². The fourth-order valence-electron chi connectivity index (χ4n) is 4.44. The summed E-state index contributed by atoms with van der Waals surface area (Å²) < 4.78 is 12.4. The van der Waals surface area contributed by atoms with E-state index in [2.05, 4.69) is 81.4 Å². The Morgan fingerprint density at radius 1 is 0.722 bits per heavy atom. The van der Waals surface area contributed by atoms with Crippen molar-refractivity contribution >= 4 is 18.4 Å². The van der Waals surface area contributed by atoms with Gasteiger partial charge in [0.05, 0.1) is 0 Å². The maximum atomic E-state index is 13.4. The number of esters is 1. The minimum absolute atomic E-state index is 0. The van der Waals surface area contributed by atoms with Gasteiger partial charge in [-0.05, 0) is 0 Å². The third-order valence-electron chi connectivity index (χ3n) is 6.77. The Morgan fingerprint density at radius 2 is 1.14 bits per heavy atom. The SMILES string of the molecule is Cc1cc(C(C)(C)C)c([O][Ti])c(-c2c(C)c(C)cc(C(C)(C)C)c2OC(=O)c2ccccc2)c1C.Cl. The molecule has 5 heteroatoms. The first kappa shape index (κ1) is 30.2. The van der Waals surface area contributed by atoms with Crippen LogP contribution in [-0.2, 0) is 31.7 Å². The van der Waals surface area contributed by atoms with Gasteiger partial charge >= 0.3 is 224 Å². The monoisotopic (exact) mass is 541 g/mol. The van der Waals surface area contributed by atoms with Gasteiger partial charge in [-0.1, -0.05) is 0 Å². The Kier molecular flexibility index (Phi) is 9.32. The molecule has 0 aromatic heterocycles. The zero-order chi connectivity index (χ0) is 26.3. The third kappa shape index (κ3) is 5.91. The minimum atomic E-state index is -0.360. The molecule has 191 valence electrons. The molecule has 0 radical (unpaired) electrons. The second kappa shape index (κ2) is 11.1. The summed E-state index contributed by atoms with van der Waals surface area (Å²) in [6.07, 6.45) is 0. The Balaban J connectivity index is 0.00000456. The fourth-order valence-corrected chi connectivity index (χ4v) is 4.77. The number of hydrogen-bond acceptors (Lipinski definition) is 3. The molecule has 0 aliphatic carbocycles. The van der Waals surface area contributed by atoms with Gasteiger partial charge in [-0.25, -0.2) is 0 Å². The molecule has 0 amide bonds. The van der Waals surface area contributed by atoms with Crippen LogP contribution in [0.15, 0.2) is 42.5 Å². The Morgan fingerprint density at radius 3 is 1.56 bits per heavy atom. The molecule has 0 heterocycles. The van der Waals surface area contributed by atoms with Crippen LogP contribution in [-0.4, -0.2) is 5.97 Å². The average Bonchev–Trinajstić information content (AvgIpc) is 2.77. The molecule has 0 atom stereocenters. The number of ether oxygens (including phenoxy) is 1. The van der Waals surface area contributed by atoms with E-state index in [0.29, 0.717) is 11.3 Å². The van der Waals surface area contributed by atoms with E-state index in [-0.39, 0.29) is 29.2 Å². The zero-order valence-electron chi connectivity index (χ0n) is 23.2. The summed E-state index contributed by atoms with van der Waals surface area (Å²) in [7, 11) is 0. The van der Waals surface area contributed by atoms with E-state index in [1.54, 1.807) is 33.0 Å². The van der Waals surface area contributed by atoms with Crippen LogP contribution < -0.4 is 8.06 Å². The Bertz CT molecular complexity index is 1270. The van der Waals surface area contributed by atoms with Crippen molar-refractivity contribution in [2.45, 2.75) is 80.1 Å². The van der Waals surface area contributed by atoms with Gasteiger partial charge in [0.25, 0.3) is 0 Å². The van der Waals surface area contributed by atoms with Crippen molar-refractivity contribution in [3.8, 4) is 22.6 Å². The van der Waals surface area contributed by atoms with E-state index >= 15 is 0 Å². The second-order valence-electron chi connectivity index (χ2n) is 11.5. The molecular weight excluding hydrogens is 504 g/mol. The molecule has 3 aromatic rings. The summed E-state index contributed by atoms with van der Waals surface area (Å²) in [6, 6.07) is 13.6. The van der Waals surface area contributed by atoms with E-state index in [1.807, 2.05) is 18.2 Å². The van der Waals surface area contributed by atoms with Gasteiger partial charge in [0.1, 0.15) is 0 Å². The number of hydrogen-bond donors (Lipinski definition) is 0. The van der Waals surface area contributed by atoms with Crippen molar-refractivity contribution in [1.29, 1.82) is 0 Å². The summed E-state index contributed by atoms with van der Waals surface area (Å²) in [5, 5.41) is 0. The molecule has 3 rings (SSSR count). The number of benzene rings is 3. The van der Waals surface area contributed by atoms with Crippen LogP contribution in [0.2, 0.25) is 0 Å². The van der Waals surface area contributed by atoms with Crippen molar-refractivity contribution in [2.75, 3.05) is 0 Å². The fraction of sp³-hybridized carbons (Fsp3) is 0.387. The van der Waals surface area contributed by atoms with E-state index in [0.717, 1.165) is 44.7 Å². The first-order valence-electron chi connectivity index (χ1n) is 12.1. The second-order valence-corrected chi connectivity index (χ2v) is 11.8. The number of carbonyl (C=O) groups excluding carboxylic acids is 1. The van der Waals surface area contributed by atoms with Gasteiger partial charge in [0.2, 0.25) is 0 Å². The third-order valence-corrected chi connectivity index (χ3v) is 7.09. The van der Waals surface area contributed by atoms with Crippen molar-refractivity contribution < 1.29 is 33.7 Å². The molecule has 0 N–H and O–H groups in total. The Labute approximate surface area is 235 Å². The zero-order valence-corrected chi connectivity index (χ0v) is 25.6. The summed E-state index contributed by atoms with van der Waals surface area (Å²) in [6.45, 7) is 21.6. The summed E-state index contributed by atoms with van der Waals surface area (Å²) in [5.41, 5.74) is 8.79. The normalized spacial score (nSPS) is 11.6. The first-order chi connectivity index (χ1) is 16.2.